The predicted octanol–water partition coefficient (Wildman–Crippen LogP) is 3.45. The average Bonchev–Trinajstić information content (AvgIpc) is 2.57. The van der Waals surface area contributed by atoms with E-state index in [-0.39, 0.29) is 33.0 Å². The first-order valence-electron chi connectivity index (χ1n) is 7.43. The third-order valence-corrected chi connectivity index (χ3v) is 5.05. The summed E-state index contributed by atoms with van der Waals surface area (Å²) in [6.45, 7) is 2.99. The summed E-state index contributed by atoms with van der Waals surface area (Å²) in [5, 5.41) is 1.37. The number of rotatable bonds is 8. The van der Waals surface area contributed by atoms with Crippen LogP contribution in [0, 0.1) is 6.92 Å². The minimum atomic E-state index is -0.0476. The Hall–Kier alpha value is -1.01. The van der Waals surface area contributed by atoms with Crippen molar-refractivity contribution >= 4 is 49.9 Å². The summed E-state index contributed by atoms with van der Waals surface area (Å²) in [6, 6.07) is 10.9. The Morgan fingerprint density at radius 3 is 2.56 bits per heavy atom. The van der Waals surface area contributed by atoms with Gasteiger partial charge in [0.05, 0.1) is 24.3 Å². The largest absolute Gasteiger partial charge is 0.496 e. The second-order valence-electron chi connectivity index (χ2n) is 5.09. The Balaban J connectivity index is 0.00000312. The van der Waals surface area contributed by atoms with Crippen LogP contribution in [-0.4, -0.2) is 51.8 Å². The minimum Gasteiger partial charge on any atom is -0.496 e. The average molecular weight is 374 g/mol. The fourth-order valence-electron chi connectivity index (χ4n) is 2.19. The predicted molar refractivity (Wildman–Crippen MR) is 105 cm³/mol. The molecule has 0 fully saturated rings. The normalized spacial score (nSPS) is 10.6. The molecule has 0 aromatic heterocycles. The summed E-state index contributed by atoms with van der Waals surface area (Å²) in [7, 11) is 3.13. The molecule has 2 rings (SSSR count). The van der Waals surface area contributed by atoms with Crippen molar-refractivity contribution in [3.05, 3.63) is 52.5 Å². The van der Waals surface area contributed by atoms with E-state index in [1.54, 1.807) is 25.3 Å². The topological polar surface area (TPSA) is 44.8 Å². The Morgan fingerprint density at radius 2 is 1.92 bits per heavy atom. The SMILES string of the molecule is COCCOc1ccc(PC(=O)c2c(Cl)cccc2OC)c(C)c1.[Li]. The molecular formula is C18H20ClLiO4P. The van der Waals surface area contributed by atoms with Crippen molar-refractivity contribution in [1.29, 1.82) is 0 Å². The second-order valence-corrected chi connectivity index (χ2v) is 6.74. The van der Waals surface area contributed by atoms with Gasteiger partial charge in [0.1, 0.15) is 18.1 Å². The summed E-state index contributed by atoms with van der Waals surface area (Å²) in [5.74, 6) is 1.26. The van der Waals surface area contributed by atoms with E-state index in [4.69, 9.17) is 25.8 Å². The molecule has 2 aromatic carbocycles. The summed E-state index contributed by atoms with van der Waals surface area (Å²) in [5.41, 5.74) is 1.39. The zero-order valence-electron chi connectivity index (χ0n) is 14.9. The van der Waals surface area contributed by atoms with Crippen molar-refractivity contribution in [2.24, 2.45) is 0 Å². The monoisotopic (exact) mass is 373 g/mol. The number of aryl methyl sites for hydroxylation is 1. The van der Waals surface area contributed by atoms with Crippen LogP contribution in [0.2, 0.25) is 5.02 Å². The standard InChI is InChI=1S/C18H20ClO4P.Li/c1-12-11-13(23-10-9-21-2)7-8-16(12)24-18(20)17-14(19)5-4-6-15(17)22-3;/h4-8,11,24H,9-10H2,1-3H3;. The van der Waals surface area contributed by atoms with Gasteiger partial charge in [-0.15, -0.1) is 0 Å². The molecule has 0 bridgehead atoms. The molecule has 0 heterocycles. The fraction of sp³-hybridized carbons (Fsp3) is 0.278. The number of halogens is 1. The molecule has 1 atom stereocenters. The zero-order valence-corrected chi connectivity index (χ0v) is 16.6. The first-order chi connectivity index (χ1) is 11.6. The van der Waals surface area contributed by atoms with Crippen molar-refractivity contribution in [3.63, 3.8) is 0 Å². The number of carbonyl (C=O) groups excluding carboxylic acids is 1. The third kappa shape index (κ3) is 6.03. The fourth-order valence-corrected chi connectivity index (χ4v) is 3.58. The van der Waals surface area contributed by atoms with Crippen LogP contribution in [0.15, 0.2) is 36.4 Å². The molecule has 129 valence electrons. The molecule has 0 saturated heterocycles. The van der Waals surface area contributed by atoms with Gasteiger partial charge in [-0.25, -0.2) is 0 Å². The van der Waals surface area contributed by atoms with E-state index in [0.29, 0.717) is 29.5 Å². The van der Waals surface area contributed by atoms with Gasteiger partial charge in [0.15, 0.2) is 5.52 Å². The summed E-state index contributed by atoms with van der Waals surface area (Å²) < 4.78 is 15.8. The van der Waals surface area contributed by atoms with Gasteiger partial charge in [-0.05, 0) is 50.6 Å². The molecule has 2 aromatic rings. The van der Waals surface area contributed by atoms with Gasteiger partial charge >= 0.3 is 0 Å². The van der Waals surface area contributed by atoms with Gasteiger partial charge in [0.2, 0.25) is 0 Å². The van der Waals surface area contributed by atoms with E-state index in [1.165, 1.54) is 7.11 Å². The van der Waals surface area contributed by atoms with E-state index in [1.807, 2.05) is 25.1 Å². The van der Waals surface area contributed by atoms with Gasteiger partial charge in [-0.1, -0.05) is 23.7 Å². The van der Waals surface area contributed by atoms with Crippen molar-refractivity contribution < 1.29 is 19.0 Å². The summed E-state index contributed by atoms with van der Waals surface area (Å²) in [4.78, 5) is 12.7. The number of benzene rings is 2. The van der Waals surface area contributed by atoms with Gasteiger partial charge < -0.3 is 14.2 Å². The number of ether oxygens (including phenoxy) is 3. The van der Waals surface area contributed by atoms with Crippen LogP contribution >= 0.6 is 20.2 Å². The van der Waals surface area contributed by atoms with Gasteiger partial charge in [-0.2, -0.15) is 0 Å². The van der Waals surface area contributed by atoms with Crippen LogP contribution in [0.5, 0.6) is 11.5 Å². The molecule has 1 radical (unpaired) electrons. The smallest absolute Gasteiger partial charge is 0.190 e. The number of carbonyl (C=O) groups is 1. The quantitative estimate of drug-likeness (QED) is 0.404. The van der Waals surface area contributed by atoms with Gasteiger partial charge in [0.25, 0.3) is 0 Å². The number of hydrogen-bond acceptors (Lipinski definition) is 4. The Bertz CT molecular complexity index is 724. The Labute approximate surface area is 167 Å². The van der Waals surface area contributed by atoms with E-state index in [2.05, 4.69) is 0 Å². The Morgan fingerprint density at radius 1 is 1.16 bits per heavy atom. The number of methoxy groups -OCH3 is 2. The molecule has 0 aliphatic heterocycles. The molecule has 0 aliphatic carbocycles. The first-order valence-corrected chi connectivity index (χ1v) is 8.81. The summed E-state index contributed by atoms with van der Waals surface area (Å²) in [6.07, 6.45) is 0. The molecule has 7 heteroatoms. The molecule has 1 unspecified atom stereocenters. The molecule has 0 amide bonds. The third-order valence-electron chi connectivity index (χ3n) is 3.42. The molecule has 0 N–H and O–H groups in total. The molecule has 0 saturated carbocycles. The van der Waals surface area contributed by atoms with E-state index in [9.17, 15) is 4.79 Å². The second kappa shape index (κ2) is 10.9. The van der Waals surface area contributed by atoms with Gasteiger partial charge in [-0.3, -0.25) is 4.79 Å². The Kier molecular flexibility index (Phi) is 9.57. The maximum Gasteiger partial charge on any atom is 0.190 e. The molecule has 0 spiro atoms. The molecular weight excluding hydrogens is 354 g/mol. The van der Waals surface area contributed by atoms with Crippen LogP contribution < -0.4 is 14.8 Å². The molecule has 0 aliphatic rings. The molecule has 25 heavy (non-hydrogen) atoms. The van der Waals surface area contributed by atoms with Crippen LogP contribution in [-0.2, 0) is 4.74 Å². The van der Waals surface area contributed by atoms with Crippen LogP contribution in [0.25, 0.3) is 0 Å². The van der Waals surface area contributed by atoms with Crippen molar-refractivity contribution in [3.8, 4) is 11.5 Å². The number of hydrogen-bond donors (Lipinski definition) is 0. The van der Waals surface area contributed by atoms with Crippen LogP contribution in [0.1, 0.15) is 15.9 Å². The van der Waals surface area contributed by atoms with Crippen molar-refractivity contribution in [2.45, 2.75) is 6.92 Å². The van der Waals surface area contributed by atoms with Gasteiger partial charge in [0, 0.05) is 26.0 Å². The van der Waals surface area contributed by atoms with E-state index < -0.39 is 0 Å². The zero-order chi connectivity index (χ0) is 17.5. The van der Waals surface area contributed by atoms with Crippen molar-refractivity contribution in [2.75, 3.05) is 27.4 Å². The maximum absolute atomic E-state index is 12.7. The van der Waals surface area contributed by atoms with E-state index >= 15 is 0 Å². The maximum atomic E-state index is 12.7. The first kappa shape index (κ1) is 22.0. The molecule has 4 nitrogen and oxygen atoms in total. The van der Waals surface area contributed by atoms with Crippen LogP contribution in [0.4, 0.5) is 0 Å². The van der Waals surface area contributed by atoms with E-state index in [0.717, 1.165) is 16.6 Å². The summed E-state index contributed by atoms with van der Waals surface area (Å²) >= 11 is 6.18. The van der Waals surface area contributed by atoms with Crippen LogP contribution in [0.3, 0.4) is 0 Å². The minimum absolute atomic E-state index is 0. The van der Waals surface area contributed by atoms with Crippen molar-refractivity contribution in [1.82, 2.24) is 0 Å².